The summed E-state index contributed by atoms with van der Waals surface area (Å²) in [4.78, 5) is 4.84. The number of oxime groups is 1. The highest BCUT2D eigenvalue weighted by molar-refractivity contribution is 5.98. The zero-order valence-corrected chi connectivity index (χ0v) is 20.4. The number of aryl methyl sites for hydroxylation is 3. The summed E-state index contributed by atoms with van der Waals surface area (Å²) in [5.41, 5.74) is 5.20. The minimum absolute atomic E-state index is 0.586. The molecule has 2 aromatic rings. The molecular formula is C27H37NO4. The van der Waals surface area contributed by atoms with Gasteiger partial charge in [-0.2, -0.15) is 0 Å². The zero-order valence-electron chi connectivity index (χ0n) is 20.4. The molecule has 0 fully saturated rings. The highest BCUT2D eigenvalue weighted by Gasteiger charge is 2.08. The predicted molar refractivity (Wildman–Crippen MR) is 131 cm³/mol. The largest absolute Gasteiger partial charge is 0.493 e. The van der Waals surface area contributed by atoms with Gasteiger partial charge in [0, 0.05) is 0 Å². The van der Waals surface area contributed by atoms with Gasteiger partial charge in [-0.1, -0.05) is 17.3 Å². The molecule has 0 saturated heterocycles. The number of allylic oxidation sites excluding steroid dienone is 1. The molecule has 174 valence electrons. The number of hydrogen-bond acceptors (Lipinski definition) is 5. The minimum atomic E-state index is 0.586. The first-order valence-corrected chi connectivity index (χ1v) is 11.3. The van der Waals surface area contributed by atoms with Crippen LogP contribution in [0.1, 0.15) is 55.4 Å². The molecule has 0 unspecified atom stereocenters. The topological polar surface area (TPSA) is 49.3 Å². The Kier molecular flexibility index (Phi) is 10.6. The Morgan fingerprint density at radius 1 is 0.875 bits per heavy atom. The quantitative estimate of drug-likeness (QED) is 0.153. The molecule has 0 aromatic heterocycles. The number of unbranched alkanes of at least 4 members (excludes halogenated alkanes) is 2. The average Bonchev–Trinajstić information content (AvgIpc) is 2.76. The van der Waals surface area contributed by atoms with Crippen LogP contribution in [0.5, 0.6) is 17.2 Å². The highest BCUT2D eigenvalue weighted by Crippen LogP contribution is 2.28. The maximum Gasteiger partial charge on any atom is 0.125 e. The van der Waals surface area contributed by atoms with Gasteiger partial charge < -0.3 is 19.0 Å². The third kappa shape index (κ3) is 7.95. The lowest BCUT2D eigenvalue weighted by molar-refractivity contribution is 0.213. The van der Waals surface area contributed by atoms with E-state index >= 15 is 0 Å². The molecule has 32 heavy (non-hydrogen) atoms. The second-order valence-corrected chi connectivity index (χ2v) is 7.86. The third-order valence-electron chi connectivity index (χ3n) is 5.13. The van der Waals surface area contributed by atoms with Crippen LogP contribution in [0.15, 0.2) is 47.6 Å². The van der Waals surface area contributed by atoms with Gasteiger partial charge in [-0.15, -0.1) is 0 Å². The van der Waals surface area contributed by atoms with Crippen molar-refractivity contribution >= 4 is 5.71 Å². The lowest BCUT2D eigenvalue weighted by Gasteiger charge is -2.14. The molecule has 2 rings (SSSR count). The molecule has 0 saturated carbocycles. The predicted octanol–water partition coefficient (Wildman–Crippen LogP) is 6.57. The second-order valence-electron chi connectivity index (χ2n) is 7.86. The monoisotopic (exact) mass is 439 g/mol. The Morgan fingerprint density at radius 2 is 1.56 bits per heavy atom. The van der Waals surface area contributed by atoms with Crippen molar-refractivity contribution in [1.82, 2.24) is 0 Å². The standard InChI is InChI=1S/C27H37NO4/c1-7-8-14-30-25-18-21(3)27(22(4)19-25)32-16-11-9-10-15-31-26-13-12-24(17-20(26)2)23(5)28-29-6/h7-8,12-13,17-19H,9-11,14-16H2,1-6H3/b8-7+,28-23?. The molecular weight excluding hydrogens is 402 g/mol. The first-order chi connectivity index (χ1) is 15.5. The third-order valence-corrected chi connectivity index (χ3v) is 5.13. The minimum Gasteiger partial charge on any atom is -0.493 e. The van der Waals surface area contributed by atoms with Gasteiger partial charge in [-0.3, -0.25) is 0 Å². The number of benzene rings is 2. The van der Waals surface area contributed by atoms with Crippen LogP contribution in [0.3, 0.4) is 0 Å². The molecule has 2 aromatic carbocycles. The van der Waals surface area contributed by atoms with E-state index in [4.69, 9.17) is 19.0 Å². The van der Waals surface area contributed by atoms with Crippen LogP contribution in [0.4, 0.5) is 0 Å². The van der Waals surface area contributed by atoms with Crippen molar-refractivity contribution < 1.29 is 19.0 Å². The van der Waals surface area contributed by atoms with Gasteiger partial charge in [0.15, 0.2) is 0 Å². The van der Waals surface area contributed by atoms with Crippen molar-refractivity contribution in [2.75, 3.05) is 26.9 Å². The van der Waals surface area contributed by atoms with Crippen LogP contribution < -0.4 is 14.2 Å². The summed E-state index contributed by atoms with van der Waals surface area (Å²) < 4.78 is 17.8. The Balaban J connectivity index is 1.71. The van der Waals surface area contributed by atoms with E-state index in [-0.39, 0.29) is 0 Å². The molecule has 0 amide bonds. The number of ether oxygens (including phenoxy) is 3. The molecule has 5 heteroatoms. The number of nitrogens with zero attached hydrogens (tertiary/aromatic N) is 1. The van der Waals surface area contributed by atoms with Crippen LogP contribution >= 0.6 is 0 Å². The summed E-state index contributed by atoms with van der Waals surface area (Å²) >= 11 is 0. The molecule has 0 spiro atoms. The van der Waals surface area contributed by atoms with E-state index in [1.165, 1.54) is 0 Å². The highest BCUT2D eigenvalue weighted by atomic mass is 16.6. The Morgan fingerprint density at radius 3 is 2.19 bits per heavy atom. The molecule has 0 bridgehead atoms. The lowest BCUT2D eigenvalue weighted by atomic mass is 10.1. The van der Waals surface area contributed by atoms with E-state index in [0.29, 0.717) is 19.8 Å². The molecule has 5 nitrogen and oxygen atoms in total. The maximum absolute atomic E-state index is 6.06. The molecule has 0 N–H and O–H groups in total. The molecule has 0 radical (unpaired) electrons. The van der Waals surface area contributed by atoms with Crippen LogP contribution in [0.25, 0.3) is 0 Å². The smallest absolute Gasteiger partial charge is 0.125 e. The van der Waals surface area contributed by atoms with Gasteiger partial charge in [-0.05, 0) is 106 Å². The normalized spacial score (nSPS) is 11.6. The van der Waals surface area contributed by atoms with E-state index in [0.717, 1.165) is 64.5 Å². The maximum atomic E-state index is 6.06. The van der Waals surface area contributed by atoms with E-state index < -0.39 is 0 Å². The van der Waals surface area contributed by atoms with Crippen molar-refractivity contribution in [3.05, 3.63) is 64.7 Å². The number of rotatable bonds is 13. The molecule has 0 aliphatic carbocycles. The molecule has 0 aliphatic heterocycles. The van der Waals surface area contributed by atoms with Crippen LogP contribution in [-0.2, 0) is 4.84 Å². The molecule has 0 atom stereocenters. The molecule has 0 aliphatic rings. The van der Waals surface area contributed by atoms with Gasteiger partial charge in [0.1, 0.15) is 31.0 Å². The van der Waals surface area contributed by atoms with Crippen molar-refractivity contribution in [1.29, 1.82) is 0 Å². The number of hydrogen-bond donors (Lipinski definition) is 0. The first-order valence-electron chi connectivity index (χ1n) is 11.3. The van der Waals surface area contributed by atoms with E-state index in [1.54, 1.807) is 7.11 Å². The fourth-order valence-electron chi connectivity index (χ4n) is 3.43. The van der Waals surface area contributed by atoms with Crippen molar-refractivity contribution in [2.24, 2.45) is 5.16 Å². The molecule has 0 heterocycles. The van der Waals surface area contributed by atoms with Gasteiger partial charge in [0.2, 0.25) is 0 Å². The van der Waals surface area contributed by atoms with Crippen LogP contribution in [0, 0.1) is 20.8 Å². The summed E-state index contributed by atoms with van der Waals surface area (Å²) in [6, 6.07) is 10.2. The van der Waals surface area contributed by atoms with Gasteiger partial charge in [0.25, 0.3) is 0 Å². The van der Waals surface area contributed by atoms with Crippen LogP contribution in [0.2, 0.25) is 0 Å². The van der Waals surface area contributed by atoms with E-state index in [2.05, 4.69) is 25.1 Å². The Hall–Kier alpha value is -2.95. The van der Waals surface area contributed by atoms with Crippen molar-refractivity contribution in [2.45, 2.75) is 53.9 Å². The summed E-state index contributed by atoms with van der Waals surface area (Å²) in [5.74, 6) is 2.76. The zero-order chi connectivity index (χ0) is 23.3. The van der Waals surface area contributed by atoms with Crippen molar-refractivity contribution in [3.8, 4) is 17.2 Å². The van der Waals surface area contributed by atoms with E-state index in [9.17, 15) is 0 Å². The fraction of sp³-hybridized carbons (Fsp3) is 0.444. The van der Waals surface area contributed by atoms with Gasteiger partial charge in [0.05, 0.1) is 18.9 Å². The summed E-state index contributed by atoms with van der Waals surface area (Å²) in [5, 5.41) is 3.98. The van der Waals surface area contributed by atoms with Gasteiger partial charge in [-0.25, -0.2) is 0 Å². The van der Waals surface area contributed by atoms with Gasteiger partial charge >= 0.3 is 0 Å². The summed E-state index contributed by atoms with van der Waals surface area (Å²) in [7, 11) is 1.55. The second kappa shape index (κ2) is 13.5. The Labute approximate surface area is 193 Å². The fourth-order valence-corrected chi connectivity index (χ4v) is 3.43. The summed E-state index contributed by atoms with van der Waals surface area (Å²) in [6.45, 7) is 12.1. The first kappa shape index (κ1) is 25.3. The summed E-state index contributed by atoms with van der Waals surface area (Å²) in [6.07, 6.45) is 7.02. The average molecular weight is 440 g/mol. The van der Waals surface area contributed by atoms with Crippen LogP contribution in [-0.4, -0.2) is 32.6 Å². The van der Waals surface area contributed by atoms with Crippen molar-refractivity contribution in [3.63, 3.8) is 0 Å². The Bertz CT molecular complexity index is 895. The lowest BCUT2D eigenvalue weighted by Crippen LogP contribution is -2.04. The van der Waals surface area contributed by atoms with E-state index in [1.807, 2.05) is 57.2 Å². The SMILES string of the molecule is C/C=C/COc1cc(C)c(OCCCCCOc2ccc(C(C)=NOC)cc2C)c(C)c1.